The van der Waals surface area contributed by atoms with Crippen molar-refractivity contribution in [3.05, 3.63) is 64.8 Å². The van der Waals surface area contributed by atoms with Gasteiger partial charge in [0.1, 0.15) is 6.33 Å². The minimum absolute atomic E-state index is 0.114. The Labute approximate surface area is 176 Å². The third-order valence-electron chi connectivity index (χ3n) is 4.07. The Morgan fingerprint density at radius 3 is 2.57 bits per heavy atom. The Morgan fingerprint density at radius 2 is 1.97 bits per heavy atom. The van der Waals surface area contributed by atoms with Gasteiger partial charge in [0.2, 0.25) is 0 Å². The number of pyridine rings is 1. The van der Waals surface area contributed by atoms with Crippen molar-refractivity contribution in [2.24, 2.45) is 0 Å². The summed E-state index contributed by atoms with van der Waals surface area (Å²) in [7, 11) is -1.32. The molecule has 158 valence electrons. The SMILES string of the molecule is CC(NC(=O)c1cc(Cl)cc(S(C)=O)c1)c1ncnn1-c1ccc(C(F)(F)F)cn1. The van der Waals surface area contributed by atoms with Crippen LogP contribution >= 0.6 is 11.6 Å². The Morgan fingerprint density at radius 1 is 1.23 bits per heavy atom. The number of aromatic nitrogens is 4. The summed E-state index contributed by atoms with van der Waals surface area (Å²) in [4.78, 5) is 20.9. The first kappa shape index (κ1) is 21.9. The van der Waals surface area contributed by atoms with Gasteiger partial charge in [-0.2, -0.15) is 23.0 Å². The third kappa shape index (κ3) is 4.85. The molecule has 0 bridgehead atoms. The van der Waals surface area contributed by atoms with Gasteiger partial charge in [-0.25, -0.2) is 9.97 Å². The fraction of sp³-hybridized carbons (Fsp3) is 0.222. The minimum Gasteiger partial charge on any atom is -0.342 e. The number of amides is 1. The van der Waals surface area contributed by atoms with Crippen molar-refractivity contribution in [1.82, 2.24) is 25.1 Å². The fourth-order valence-corrected chi connectivity index (χ4v) is 3.49. The summed E-state index contributed by atoms with van der Waals surface area (Å²) in [5.74, 6) is -0.119. The maximum absolute atomic E-state index is 12.7. The van der Waals surface area contributed by atoms with Crippen molar-refractivity contribution in [3.63, 3.8) is 0 Å². The van der Waals surface area contributed by atoms with Gasteiger partial charge in [0, 0.05) is 38.7 Å². The number of nitrogens with zero attached hydrogens (tertiary/aromatic N) is 4. The van der Waals surface area contributed by atoms with E-state index in [1.807, 2.05) is 0 Å². The van der Waals surface area contributed by atoms with E-state index in [9.17, 15) is 22.2 Å². The summed E-state index contributed by atoms with van der Waals surface area (Å²) in [5, 5.41) is 6.95. The smallest absolute Gasteiger partial charge is 0.342 e. The highest BCUT2D eigenvalue weighted by molar-refractivity contribution is 7.84. The van der Waals surface area contributed by atoms with Crippen molar-refractivity contribution < 1.29 is 22.2 Å². The lowest BCUT2D eigenvalue weighted by Crippen LogP contribution is -2.29. The maximum Gasteiger partial charge on any atom is 0.417 e. The summed E-state index contributed by atoms with van der Waals surface area (Å²) in [6.45, 7) is 1.63. The second-order valence-electron chi connectivity index (χ2n) is 6.26. The Hall–Kier alpha value is -2.79. The van der Waals surface area contributed by atoms with Crippen molar-refractivity contribution in [2.45, 2.75) is 24.0 Å². The van der Waals surface area contributed by atoms with Crippen LogP contribution in [0.5, 0.6) is 0 Å². The molecule has 0 saturated heterocycles. The van der Waals surface area contributed by atoms with E-state index in [1.54, 1.807) is 6.92 Å². The monoisotopic (exact) mass is 457 g/mol. The van der Waals surface area contributed by atoms with Gasteiger partial charge in [-0.3, -0.25) is 9.00 Å². The van der Waals surface area contributed by atoms with Crippen LogP contribution in [0.3, 0.4) is 0 Å². The van der Waals surface area contributed by atoms with E-state index in [0.29, 0.717) is 11.1 Å². The lowest BCUT2D eigenvalue weighted by atomic mass is 10.2. The van der Waals surface area contributed by atoms with E-state index in [1.165, 1.54) is 35.5 Å². The van der Waals surface area contributed by atoms with Gasteiger partial charge in [-0.1, -0.05) is 11.6 Å². The molecular formula is C18H15ClF3N5O2S. The number of hydrogen-bond acceptors (Lipinski definition) is 5. The number of carbonyl (C=O) groups excluding carboxylic acids is 1. The van der Waals surface area contributed by atoms with Gasteiger partial charge in [0.05, 0.1) is 11.6 Å². The van der Waals surface area contributed by atoms with Crippen LogP contribution in [0, 0.1) is 0 Å². The Kier molecular flexibility index (Phi) is 6.22. The largest absolute Gasteiger partial charge is 0.417 e. The topological polar surface area (TPSA) is 89.8 Å². The molecule has 1 N–H and O–H groups in total. The molecule has 3 rings (SSSR count). The fourth-order valence-electron chi connectivity index (χ4n) is 2.61. The molecule has 3 aromatic rings. The highest BCUT2D eigenvalue weighted by atomic mass is 35.5. The number of nitrogens with one attached hydrogen (secondary N) is 1. The van der Waals surface area contributed by atoms with Crippen LogP contribution in [0.4, 0.5) is 13.2 Å². The predicted molar refractivity (Wildman–Crippen MR) is 104 cm³/mol. The van der Waals surface area contributed by atoms with E-state index >= 15 is 0 Å². The number of benzene rings is 1. The maximum atomic E-state index is 12.7. The van der Waals surface area contributed by atoms with Crippen LogP contribution in [0.1, 0.15) is 34.7 Å². The van der Waals surface area contributed by atoms with Crippen LogP contribution in [-0.2, 0) is 17.0 Å². The number of hydrogen-bond donors (Lipinski definition) is 1. The molecule has 2 unspecified atom stereocenters. The van der Waals surface area contributed by atoms with Crippen molar-refractivity contribution in [1.29, 1.82) is 0 Å². The highest BCUT2D eigenvalue weighted by Crippen LogP contribution is 2.29. The van der Waals surface area contributed by atoms with Crippen molar-refractivity contribution >= 4 is 28.3 Å². The van der Waals surface area contributed by atoms with E-state index in [0.717, 1.165) is 12.1 Å². The first-order valence-corrected chi connectivity index (χ1v) is 10.4. The molecular weight excluding hydrogens is 443 g/mol. The van der Waals surface area contributed by atoms with Crippen LogP contribution < -0.4 is 5.32 Å². The molecule has 0 saturated carbocycles. The molecule has 2 aromatic heterocycles. The zero-order valence-corrected chi connectivity index (χ0v) is 17.2. The third-order valence-corrected chi connectivity index (χ3v) is 5.18. The predicted octanol–water partition coefficient (Wildman–Crippen LogP) is 3.56. The van der Waals surface area contributed by atoms with Crippen LogP contribution in [0.2, 0.25) is 5.02 Å². The van der Waals surface area contributed by atoms with Gasteiger partial charge < -0.3 is 5.32 Å². The molecule has 2 atom stereocenters. The first-order chi connectivity index (χ1) is 14.1. The van der Waals surface area contributed by atoms with Gasteiger partial charge >= 0.3 is 6.18 Å². The van der Waals surface area contributed by atoms with Crippen molar-refractivity contribution in [2.75, 3.05) is 6.26 Å². The summed E-state index contributed by atoms with van der Waals surface area (Å²) < 4.78 is 51.1. The lowest BCUT2D eigenvalue weighted by Gasteiger charge is -2.15. The van der Waals surface area contributed by atoms with E-state index in [4.69, 9.17) is 11.6 Å². The Bertz CT molecular complexity index is 1100. The molecule has 1 aromatic carbocycles. The van der Waals surface area contributed by atoms with Gasteiger partial charge in [-0.15, -0.1) is 0 Å². The van der Waals surface area contributed by atoms with E-state index in [2.05, 4.69) is 20.4 Å². The molecule has 0 aliphatic rings. The molecule has 0 aliphatic heterocycles. The molecule has 0 fully saturated rings. The molecule has 1 amide bonds. The average molecular weight is 458 g/mol. The highest BCUT2D eigenvalue weighted by Gasteiger charge is 2.31. The van der Waals surface area contributed by atoms with Gasteiger partial charge in [0.15, 0.2) is 11.6 Å². The van der Waals surface area contributed by atoms with Crippen LogP contribution in [0.25, 0.3) is 5.82 Å². The van der Waals surface area contributed by atoms with Crippen molar-refractivity contribution in [3.8, 4) is 5.82 Å². The summed E-state index contributed by atoms with van der Waals surface area (Å²) in [6.07, 6.45) is -1.14. The molecule has 2 heterocycles. The van der Waals surface area contributed by atoms with Crippen LogP contribution in [-0.4, -0.2) is 36.1 Å². The lowest BCUT2D eigenvalue weighted by molar-refractivity contribution is -0.137. The zero-order chi connectivity index (χ0) is 22.1. The normalized spacial score (nSPS) is 13.7. The average Bonchev–Trinajstić information content (AvgIpc) is 3.16. The van der Waals surface area contributed by atoms with E-state index < -0.39 is 34.5 Å². The van der Waals surface area contributed by atoms with E-state index in [-0.39, 0.29) is 22.2 Å². The second-order valence-corrected chi connectivity index (χ2v) is 8.07. The quantitative estimate of drug-likeness (QED) is 0.632. The number of carbonyl (C=O) groups is 1. The molecule has 0 radical (unpaired) electrons. The number of rotatable bonds is 5. The molecule has 12 heteroatoms. The summed E-state index contributed by atoms with van der Waals surface area (Å²) in [5.41, 5.74) is -0.683. The Balaban J connectivity index is 1.82. The molecule has 30 heavy (non-hydrogen) atoms. The molecule has 7 nitrogen and oxygen atoms in total. The minimum atomic E-state index is -4.50. The second kappa shape index (κ2) is 8.52. The standard InChI is InChI=1S/C18H15ClF3N5O2S/c1-10(26-17(28)11-5-13(19)7-14(6-11)30(2)29)16-24-9-25-27(16)15-4-3-12(8-23-15)18(20,21)22/h3-10H,1-2H3,(H,26,28). The number of halogens is 4. The zero-order valence-electron chi connectivity index (χ0n) is 15.6. The van der Waals surface area contributed by atoms with Gasteiger partial charge in [-0.05, 0) is 37.3 Å². The summed E-state index contributed by atoms with van der Waals surface area (Å²) in [6, 6.07) is 5.78. The molecule has 0 aliphatic carbocycles. The number of alkyl halides is 3. The molecule has 0 spiro atoms. The summed E-state index contributed by atoms with van der Waals surface area (Å²) >= 11 is 6.00. The van der Waals surface area contributed by atoms with Gasteiger partial charge in [0.25, 0.3) is 5.91 Å². The first-order valence-electron chi connectivity index (χ1n) is 8.44. The van der Waals surface area contributed by atoms with Crippen LogP contribution in [0.15, 0.2) is 47.8 Å².